The molecule has 14 heteroatoms. The number of benzene rings is 8. The summed E-state index contributed by atoms with van der Waals surface area (Å²) in [5, 5.41) is 0. The summed E-state index contributed by atoms with van der Waals surface area (Å²) in [4.78, 5) is 25.1. The smallest absolute Gasteiger partial charge is 0.212 e. The molecule has 0 amide bonds. The predicted octanol–water partition coefficient (Wildman–Crippen LogP) is 21.5. The van der Waals surface area contributed by atoms with Gasteiger partial charge in [0.2, 0.25) is 5.88 Å². The second kappa shape index (κ2) is 33.3. The maximum Gasteiger partial charge on any atom is 0.212 e. The molecule has 18 rings (SSSR count). The summed E-state index contributed by atoms with van der Waals surface area (Å²) < 4.78 is 31.1. The van der Waals surface area contributed by atoms with Crippen LogP contribution >= 0.6 is 0 Å². The number of likely N-dealkylation sites (tertiary alicyclic amines) is 1. The van der Waals surface area contributed by atoms with Gasteiger partial charge in [-0.05, 0) is 174 Å². The van der Waals surface area contributed by atoms with Crippen LogP contribution in [0.25, 0.3) is 112 Å². The normalized spacial score (nSPS) is 12.0. The molecule has 522 valence electrons. The molecule has 8 aromatic carbocycles. The van der Waals surface area contributed by atoms with Gasteiger partial charge < -0.3 is 18.9 Å². The Hall–Kier alpha value is -13.2. The lowest BCUT2D eigenvalue weighted by molar-refractivity contribution is 0.183. The van der Waals surface area contributed by atoms with Gasteiger partial charge in [0.25, 0.3) is 0 Å². The molecule has 0 saturated carbocycles. The maximum atomic E-state index is 5.96. The van der Waals surface area contributed by atoms with E-state index in [1.165, 1.54) is 49.0 Å². The van der Waals surface area contributed by atoms with Gasteiger partial charge in [0, 0.05) is 71.4 Å². The first-order valence-electron chi connectivity index (χ1n) is 36.1. The summed E-state index contributed by atoms with van der Waals surface area (Å²) in [6, 6.07) is 96.6. The zero-order chi connectivity index (χ0) is 71.6. The number of piperidine rings is 1. The van der Waals surface area contributed by atoms with E-state index in [-0.39, 0.29) is 0 Å². The fourth-order valence-electron chi connectivity index (χ4n) is 13.1. The summed E-state index contributed by atoms with van der Waals surface area (Å²) >= 11 is 0. The standard InChI is InChI=1S/C26H27N3O.C25H18N2O.C22H20N2O.C19H15N3O/c1-3-7-22(8-4-1)25-20-27-26-19-23(13-16-29(25)26)21-9-11-24(12-10-21)30-18-17-28-14-5-2-6-15-28;1-3-7-20(8-4-1)24-18-26-25-17-21(15-16-27(24)25)19-11-13-23(14-12-19)28-22-9-5-2-6-10-22;1-2-14-25-20-10-8-17(9-11-20)19-12-13-24-21(16-23-22(24)15-19)18-6-4-3-5-7-18;1-23-19-8-7-16(12-21-19)15-9-10-22-17(13-20-18(22)11-15)14-5-3-2-4-6-14/h1,3-4,7-13,16,19-20H,2,5-6,14-15,17-18H2;1-18H;3-13,15-16H,2,14H2,1H3;2-13H,1H3. The number of para-hydroxylation sites is 1. The van der Waals surface area contributed by atoms with E-state index in [9.17, 15) is 0 Å². The number of pyridine rings is 5. The van der Waals surface area contributed by atoms with Crippen molar-refractivity contribution in [2.45, 2.75) is 32.6 Å². The van der Waals surface area contributed by atoms with Crippen molar-refractivity contribution in [3.63, 3.8) is 0 Å². The van der Waals surface area contributed by atoms with Crippen LogP contribution in [-0.2, 0) is 0 Å². The van der Waals surface area contributed by atoms with Gasteiger partial charge in [-0.3, -0.25) is 22.5 Å². The van der Waals surface area contributed by atoms with Crippen molar-refractivity contribution in [1.29, 1.82) is 0 Å². The Morgan fingerprint density at radius 3 is 0.972 bits per heavy atom. The van der Waals surface area contributed by atoms with E-state index in [1.807, 2.05) is 165 Å². The van der Waals surface area contributed by atoms with Crippen LogP contribution in [-0.4, -0.2) is 87.4 Å². The highest BCUT2D eigenvalue weighted by Crippen LogP contribution is 2.33. The molecule has 1 fully saturated rings. The van der Waals surface area contributed by atoms with Gasteiger partial charge in [-0.2, -0.15) is 0 Å². The lowest BCUT2D eigenvalue weighted by Crippen LogP contribution is -2.33. The lowest BCUT2D eigenvalue weighted by Gasteiger charge is -2.26. The molecule has 0 aliphatic carbocycles. The van der Waals surface area contributed by atoms with Gasteiger partial charge in [0.15, 0.2) is 0 Å². The van der Waals surface area contributed by atoms with Gasteiger partial charge >= 0.3 is 0 Å². The molecule has 0 spiro atoms. The van der Waals surface area contributed by atoms with Gasteiger partial charge in [-0.25, -0.2) is 24.9 Å². The zero-order valence-electron chi connectivity index (χ0n) is 59.3. The SMILES string of the molecule is CCCOc1ccc(-c2ccn3c(-c4ccccc4)cnc3c2)cc1.COc1ccc(-c2ccn3c(-c4ccccc4)cnc3c2)cn1.c1ccc(-c2cnc3cc(-c4ccc(OCCN5CCCCC5)cc4)ccn23)cc1.c1ccc(Oc2ccc(-c3ccn4c(-c5ccccc5)cnc4c3)cc2)cc1. The van der Waals surface area contributed by atoms with Crippen molar-refractivity contribution >= 4 is 22.6 Å². The highest BCUT2D eigenvalue weighted by molar-refractivity contribution is 5.76. The Morgan fingerprint density at radius 2 is 0.623 bits per heavy atom. The van der Waals surface area contributed by atoms with E-state index >= 15 is 0 Å². The average Bonchev–Trinajstić information content (AvgIpc) is 1.64. The minimum absolute atomic E-state index is 0.613. The number of imidazole rings is 4. The van der Waals surface area contributed by atoms with E-state index in [1.54, 1.807) is 7.11 Å². The monoisotopic (exact) mass is 1390 g/mol. The molecule has 1 saturated heterocycles. The highest BCUT2D eigenvalue weighted by Gasteiger charge is 2.15. The predicted molar refractivity (Wildman–Crippen MR) is 427 cm³/mol. The summed E-state index contributed by atoms with van der Waals surface area (Å²) in [5.74, 6) is 4.12. The fourth-order valence-corrected chi connectivity index (χ4v) is 13.1. The van der Waals surface area contributed by atoms with Crippen LogP contribution in [0.3, 0.4) is 0 Å². The lowest BCUT2D eigenvalue weighted by atomic mass is 10.1. The third kappa shape index (κ3) is 16.5. The van der Waals surface area contributed by atoms with Crippen molar-refractivity contribution in [2.75, 3.05) is 40.0 Å². The third-order valence-corrected chi connectivity index (χ3v) is 18.7. The number of fused-ring (bicyclic) bond motifs is 4. The molecule has 0 N–H and O–H groups in total. The van der Waals surface area contributed by atoms with E-state index in [0.29, 0.717) is 5.88 Å². The second-order valence-electron chi connectivity index (χ2n) is 25.8. The van der Waals surface area contributed by atoms with Crippen molar-refractivity contribution < 1.29 is 18.9 Å². The number of hydrogen-bond acceptors (Lipinski definition) is 10. The van der Waals surface area contributed by atoms with Crippen LogP contribution in [0.2, 0.25) is 0 Å². The molecule has 0 radical (unpaired) electrons. The number of methoxy groups -OCH3 is 1. The molecule has 0 bridgehead atoms. The molecular formula is C92H80N10O4. The molecule has 1 aliphatic rings. The number of rotatable bonds is 18. The van der Waals surface area contributed by atoms with Crippen LogP contribution in [0.15, 0.2) is 341 Å². The first-order valence-corrected chi connectivity index (χ1v) is 36.1. The molecular weight excluding hydrogens is 1310 g/mol. The largest absolute Gasteiger partial charge is 0.494 e. The van der Waals surface area contributed by atoms with Crippen molar-refractivity contribution in [3.05, 3.63) is 341 Å². The van der Waals surface area contributed by atoms with E-state index in [0.717, 1.165) is 145 Å². The van der Waals surface area contributed by atoms with Crippen LogP contribution in [0.1, 0.15) is 32.6 Å². The number of hydrogen-bond donors (Lipinski definition) is 0. The van der Waals surface area contributed by atoms with Crippen molar-refractivity contribution in [2.24, 2.45) is 0 Å². The van der Waals surface area contributed by atoms with E-state index in [2.05, 4.69) is 231 Å². The Labute approximate surface area is 617 Å². The Morgan fingerprint density at radius 1 is 0.292 bits per heavy atom. The fraction of sp³-hybridized carbons (Fsp3) is 0.120. The summed E-state index contributed by atoms with van der Waals surface area (Å²) in [6.07, 6.45) is 22.8. The highest BCUT2D eigenvalue weighted by atomic mass is 16.5. The van der Waals surface area contributed by atoms with Crippen molar-refractivity contribution in [3.8, 4) is 118 Å². The van der Waals surface area contributed by atoms with Crippen LogP contribution in [0.5, 0.6) is 28.9 Å². The van der Waals surface area contributed by atoms with Gasteiger partial charge in [-0.15, -0.1) is 0 Å². The topological polar surface area (TPSA) is 122 Å². The van der Waals surface area contributed by atoms with Gasteiger partial charge in [-0.1, -0.05) is 189 Å². The molecule has 10 heterocycles. The van der Waals surface area contributed by atoms with Crippen molar-refractivity contribution in [1.82, 2.24) is 47.4 Å². The molecule has 9 aromatic heterocycles. The zero-order valence-corrected chi connectivity index (χ0v) is 59.3. The van der Waals surface area contributed by atoms with Crippen LogP contribution < -0.4 is 18.9 Å². The molecule has 106 heavy (non-hydrogen) atoms. The summed E-state index contributed by atoms with van der Waals surface area (Å²) in [5.41, 5.74) is 21.8. The average molecular weight is 1390 g/mol. The number of nitrogens with zero attached hydrogens (tertiary/aromatic N) is 10. The van der Waals surface area contributed by atoms with E-state index in [4.69, 9.17) is 18.9 Å². The van der Waals surface area contributed by atoms with Gasteiger partial charge in [0.05, 0.1) is 61.3 Å². The third-order valence-electron chi connectivity index (χ3n) is 18.7. The Balaban J connectivity index is 0.000000114. The quantitative estimate of drug-likeness (QED) is 0.0821. The molecule has 17 aromatic rings. The first-order chi connectivity index (χ1) is 52.4. The first kappa shape index (κ1) is 68.6. The molecule has 14 nitrogen and oxygen atoms in total. The molecule has 1 aliphatic heterocycles. The van der Waals surface area contributed by atoms with Crippen LogP contribution in [0, 0.1) is 0 Å². The minimum atomic E-state index is 0.613. The van der Waals surface area contributed by atoms with Crippen LogP contribution in [0.4, 0.5) is 0 Å². The Kier molecular flexibility index (Phi) is 21.5. The summed E-state index contributed by atoms with van der Waals surface area (Å²) in [7, 11) is 1.61. The summed E-state index contributed by atoms with van der Waals surface area (Å²) in [6.45, 7) is 7.05. The molecule has 0 unspecified atom stereocenters. The van der Waals surface area contributed by atoms with E-state index < -0.39 is 0 Å². The maximum absolute atomic E-state index is 5.96. The molecule has 0 atom stereocenters. The minimum Gasteiger partial charge on any atom is -0.494 e. The Bertz CT molecular complexity index is 5630. The second-order valence-corrected chi connectivity index (χ2v) is 25.8. The van der Waals surface area contributed by atoms with Gasteiger partial charge in [0.1, 0.15) is 52.2 Å². The number of ether oxygens (including phenoxy) is 4. The number of aromatic nitrogens is 9.